The zero-order chi connectivity index (χ0) is 15.3. The van der Waals surface area contributed by atoms with E-state index in [1.807, 2.05) is 0 Å². The molecule has 3 nitrogen and oxygen atoms in total. The number of imidazole rings is 1. The first-order valence-electron chi connectivity index (χ1n) is 8.84. The molecule has 0 aliphatic carbocycles. The number of hydrogen-bond donors (Lipinski definition) is 0. The van der Waals surface area contributed by atoms with Crippen LogP contribution in [0.25, 0.3) is 11.4 Å². The molecule has 0 saturated heterocycles. The second-order valence-corrected chi connectivity index (χ2v) is 6.83. The van der Waals surface area contributed by atoms with Gasteiger partial charge in [-0.15, -0.1) is 0 Å². The number of aromatic nitrogens is 3. The largest absolute Gasteiger partial charge is 0.290 e. The van der Waals surface area contributed by atoms with E-state index >= 15 is 0 Å². The fourth-order valence-corrected chi connectivity index (χ4v) is 4.58. The van der Waals surface area contributed by atoms with Gasteiger partial charge in [0.15, 0.2) is 0 Å². The van der Waals surface area contributed by atoms with Gasteiger partial charge in [-0.1, -0.05) is 20.8 Å². The van der Waals surface area contributed by atoms with Gasteiger partial charge in [0.2, 0.25) is 0 Å². The van der Waals surface area contributed by atoms with Gasteiger partial charge >= 0.3 is 0 Å². The topological polar surface area (TPSA) is 21.7 Å². The summed E-state index contributed by atoms with van der Waals surface area (Å²) in [5.41, 5.74) is 6.14. The summed E-state index contributed by atoms with van der Waals surface area (Å²) in [6.45, 7) is 8.09. The van der Waals surface area contributed by atoms with Crippen molar-refractivity contribution < 1.29 is 4.57 Å². The van der Waals surface area contributed by atoms with Crippen molar-refractivity contribution in [2.75, 3.05) is 0 Å². The van der Waals surface area contributed by atoms with Crippen LogP contribution in [0.3, 0.4) is 0 Å². The van der Waals surface area contributed by atoms with Gasteiger partial charge in [-0.25, -0.2) is 9.13 Å². The smallest absolute Gasteiger partial charge is 0.264 e. The van der Waals surface area contributed by atoms with Crippen molar-refractivity contribution in [2.45, 2.75) is 71.4 Å². The number of nitrogens with zero attached hydrogens (tertiary/aromatic N) is 3. The van der Waals surface area contributed by atoms with Crippen molar-refractivity contribution in [1.82, 2.24) is 9.55 Å². The molecule has 2 aliphatic rings. The molecule has 2 aromatic rings. The molecular formula is C19H26N3+. The maximum atomic E-state index is 4.52. The molecule has 22 heavy (non-hydrogen) atoms. The molecular weight excluding hydrogens is 270 g/mol. The average molecular weight is 296 g/mol. The van der Waals surface area contributed by atoms with E-state index in [4.69, 9.17) is 0 Å². The first kappa shape index (κ1) is 14.0. The van der Waals surface area contributed by atoms with Gasteiger partial charge in [-0.3, -0.25) is 4.98 Å². The van der Waals surface area contributed by atoms with Crippen LogP contribution in [0.15, 0.2) is 18.6 Å². The standard InChI is InChI=1S/C19H26N3/c1-4-16-13-22-18-17-14(7-9-19(22,5-2)6-3)11-20-12-15(17)8-10-21(16)18/h11-13H,4-10H2,1-3H3/q+1. The zero-order valence-electron chi connectivity index (χ0n) is 14.0. The molecule has 4 heterocycles. The van der Waals surface area contributed by atoms with E-state index in [0.29, 0.717) is 0 Å². The van der Waals surface area contributed by atoms with Gasteiger partial charge < -0.3 is 0 Å². The minimum Gasteiger partial charge on any atom is -0.264 e. The Morgan fingerprint density at radius 2 is 1.86 bits per heavy atom. The molecule has 2 aromatic heterocycles. The third-order valence-electron chi connectivity index (χ3n) is 6.09. The van der Waals surface area contributed by atoms with Crippen LogP contribution in [0.5, 0.6) is 0 Å². The van der Waals surface area contributed by atoms with Crippen LogP contribution in [0.2, 0.25) is 0 Å². The van der Waals surface area contributed by atoms with E-state index in [1.165, 1.54) is 47.5 Å². The predicted octanol–water partition coefficient (Wildman–Crippen LogP) is 3.42. The Morgan fingerprint density at radius 3 is 2.55 bits per heavy atom. The number of hydrogen-bond acceptors (Lipinski definition) is 1. The van der Waals surface area contributed by atoms with Crippen LogP contribution in [0, 0.1) is 0 Å². The average Bonchev–Trinajstić information content (AvgIpc) is 2.89. The predicted molar refractivity (Wildman–Crippen MR) is 87.8 cm³/mol. The summed E-state index contributed by atoms with van der Waals surface area (Å²) >= 11 is 0. The van der Waals surface area contributed by atoms with Gasteiger partial charge in [0.05, 0.1) is 12.1 Å². The van der Waals surface area contributed by atoms with Gasteiger partial charge in [0.25, 0.3) is 5.82 Å². The first-order valence-corrected chi connectivity index (χ1v) is 8.84. The van der Waals surface area contributed by atoms with E-state index < -0.39 is 0 Å². The SMILES string of the molecule is CCc1c[n+]2c3n1CCc1cncc(c1-3)CCC2(CC)CC. The van der Waals surface area contributed by atoms with E-state index in [-0.39, 0.29) is 5.54 Å². The molecule has 0 N–H and O–H groups in total. The molecule has 0 spiro atoms. The number of rotatable bonds is 3. The second kappa shape index (κ2) is 4.94. The van der Waals surface area contributed by atoms with Gasteiger partial charge in [0, 0.05) is 25.2 Å². The molecule has 0 atom stereocenters. The quantitative estimate of drug-likeness (QED) is 0.795. The van der Waals surface area contributed by atoms with Gasteiger partial charge in [-0.05, 0) is 36.8 Å². The van der Waals surface area contributed by atoms with Crippen LogP contribution < -0.4 is 4.57 Å². The zero-order valence-corrected chi connectivity index (χ0v) is 14.0. The monoisotopic (exact) mass is 296 g/mol. The third kappa shape index (κ3) is 1.68. The Kier molecular flexibility index (Phi) is 3.14. The minimum absolute atomic E-state index is 0.262. The lowest BCUT2D eigenvalue weighted by molar-refractivity contribution is -0.756. The van der Waals surface area contributed by atoms with E-state index in [1.54, 1.807) is 0 Å². The maximum Gasteiger partial charge on any atom is 0.290 e. The van der Waals surface area contributed by atoms with Crippen LogP contribution in [0.4, 0.5) is 0 Å². The van der Waals surface area contributed by atoms with Crippen molar-refractivity contribution in [1.29, 1.82) is 0 Å². The third-order valence-corrected chi connectivity index (χ3v) is 6.09. The molecule has 0 saturated carbocycles. The lowest BCUT2D eigenvalue weighted by Gasteiger charge is -2.28. The van der Waals surface area contributed by atoms with Crippen LogP contribution >= 0.6 is 0 Å². The van der Waals surface area contributed by atoms with E-state index in [2.05, 4.69) is 53.5 Å². The second-order valence-electron chi connectivity index (χ2n) is 6.83. The Bertz CT molecular complexity index is 723. The molecule has 0 amide bonds. The van der Waals surface area contributed by atoms with Crippen LogP contribution in [0.1, 0.15) is 56.9 Å². The highest BCUT2D eigenvalue weighted by Gasteiger charge is 2.43. The highest BCUT2D eigenvalue weighted by Crippen LogP contribution is 2.39. The fourth-order valence-electron chi connectivity index (χ4n) is 4.58. The van der Waals surface area contributed by atoms with Crippen molar-refractivity contribution in [3.63, 3.8) is 0 Å². The van der Waals surface area contributed by atoms with Crippen molar-refractivity contribution in [3.8, 4) is 11.4 Å². The first-order chi connectivity index (χ1) is 10.7. The number of aryl methyl sites for hydroxylation is 3. The Balaban J connectivity index is 2.08. The maximum absolute atomic E-state index is 4.52. The summed E-state index contributed by atoms with van der Waals surface area (Å²) in [5, 5.41) is 0. The van der Waals surface area contributed by atoms with E-state index in [9.17, 15) is 0 Å². The Morgan fingerprint density at radius 1 is 1.14 bits per heavy atom. The van der Waals surface area contributed by atoms with Crippen LogP contribution in [-0.4, -0.2) is 9.55 Å². The molecule has 0 bridgehead atoms. The Labute approximate surface area is 133 Å². The fraction of sp³-hybridized carbons (Fsp3) is 0.579. The lowest BCUT2D eigenvalue weighted by Crippen LogP contribution is -2.56. The van der Waals surface area contributed by atoms with Crippen LogP contribution in [-0.2, 0) is 31.3 Å². The molecule has 3 heteroatoms. The molecule has 0 unspecified atom stereocenters. The molecule has 4 rings (SSSR count). The normalized spacial score (nSPS) is 18.0. The van der Waals surface area contributed by atoms with Crippen molar-refractivity contribution >= 4 is 0 Å². The molecule has 0 aromatic carbocycles. The summed E-state index contributed by atoms with van der Waals surface area (Å²) in [4.78, 5) is 4.52. The summed E-state index contributed by atoms with van der Waals surface area (Å²) in [6, 6.07) is 0. The molecule has 2 aliphatic heterocycles. The molecule has 0 fully saturated rings. The van der Waals surface area contributed by atoms with Crippen molar-refractivity contribution in [2.24, 2.45) is 0 Å². The Hall–Kier alpha value is -1.64. The summed E-state index contributed by atoms with van der Waals surface area (Å²) in [5.74, 6) is 1.46. The minimum atomic E-state index is 0.262. The van der Waals surface area contributed by atoms with Crippen molar-refractivity contribution in [3.05, 3.63) is 35.4 Å². The summed E-state index contributed by atoms with van der Waals surface area (Å²) in [7, 11) is 0. The summed E-state index contributed by atoms with van der Waals surface area (Å²) < 4.78 is 5.22. The van der Waals surface area contributed by atoms with Gasteiger partial charge in [-0.2, -0.15) is 0 Å². The van der Waals surface area contributed by atoms with Gasteiger partial charge in [0.1, 0.15) is 17.4 Å². The molecule has 0 radical (unpaired) electrons. The highest BCUT2D eigenvalue weighted by molar-refractivity contribution is 5.65. The number of pyridine rings is 1. The highest BCUT2D eigenvalue weighted by atomic mass is 15.2. The summed E-state index contributed by atoms with van der Waals surface area (Å²) in [6.07, 6.45) is 13.7. The lowest BCUT2D eigenvalue weighted by atomic mass is 9.86. The molecule has 116 valence electrons. The van der Waals surface area contributed by atoms with E-state index in [0.717, 1.165) is 25.8 Å².